The number of aryl methyl sites for hydroxylation is 1. The molecule has 0 spiro atoms. The van der Waals surface area contributed by atoms with Crippen LogP contribution in [0, 0.1) is 23.3 Å². The third-order valence-electron chi connectivity index (χ3n) is 5.99. The van der Waals surface area contributed by atoms with Crippen LogP contribution in [-0.4, -0.2) is 19.3 Å². The number of carbonyl (C=O) groups is 1. The van der Waals surface area contributed by atoms with Crippen LogP contribution in [0.15, 0.2) is 60.4 Å². The number of benzene rings is 3. The zero-order chi connectivity index (χ0) is 28.4. The van der Waals surface area contributed by atoms with Crippen molar-refractivity contribution in [2.24, 2.45) is 0 Å². The van der Waals surface area contributed by atoms with Gasteiger partial charge in [-0.05, 0) is 68.0 Å². The van der Waals surface area contributed by atoms with Gasteiger partial charge in [-0.3, -0.25) is 0 Å². The van der Waals surface area contributed by atoms with Gasteiger partial charge in [-0.1, -0.05) is 43.2 Å². The van der Waals surface area contributed by atoms with E-state index in [1.165, 1.54) is 12.1 Å². The normalized spacial score (nSPS) is 11.5. The molecule has 0 N–H and O–H groups in total. The molecule has 0 bridgehead atoms. The van der Waals surface area contributed by atoms with E-state index in [9.17, 15) is 31.1 Å². The molecule has 0 saturated heterocycles. The molecular weight excluding hydrogens is 522 g/mol. The Bertz CT molecular complexity index is 1310. The lowest BCUT2D eigenvalue weighted by molar-refractivity contribution is 0.0720. The summed E-state index contributed by atoms with van der Waals surface area (Å²) in [6, 6.07) is 11.1. The molecule has 0 amide bonds. The molecular formula is C30H28F6O3. The number of carbonyl (C=O) groups excluding carboxylic acids is 1. The zero-order valence-electron chi connectivity index (χ0n) is 21.3. The predicted molar refractivity (Wildman–Crippen MR) is 136 cm³/mol. The fraction of sp³-hybridized carbons (Fsp3) is 0.300. The van der Waals surface area contributed by atoms with Crippen LogP contribution in [0.1, 0.15) is 54.9 Å². The molecule has 3 aromatic rings. The number of esters is 1. The second-order valence-electron chi connectivity index (χ2n) is 8.74. The molecule has 0 aliphatic rings. The largest absolute Gasteiger partial charge is 0.491 e. The second kappa shape index (κ2) is 14.4. The van der Waals surface area contributed by atoms with Crippen LogP contribution in [-0.2, 0) is 6.42 Å². The molecule has 208 valence electrons. The van der Waals surface area contributed by atoms with Crippen molar-refractivity contribution in [1.29, 1.82) is 0 Å². The molecule has 9 heteroatoms. The summed E-state index contributed by atoms with van der Waals surface area (Å²) in [6.45, 7) is 0.576. The molecule has 3 rings (SSSR count). The third kappa shape index (κ3) is 7.88. The molecule has 0 heterocycles. The summed E-state index contributed by atoms with van der Waals surface area (Å²) in [5.41, 5.74) is 0.538. The topological polar surface area (TPSA) is 35.5 Å². The van der Waals surface area contributed by atoms with Crippen molar-refractivity contribution < 1.29 is 40.6 Å². The summed E-state index contributed by atoms with van der Waals surface area (Å²) < 4.78 is 92.4. The van der Waals surface area contributed by atoms with E-state index >= 15 is 0 Å². The highest BCUT2D eigenvalue weighted by molar-refractivity contribution is 5.91. The lowest BCUT2D eigenvalue weighted by atomic mass is 10.00. The molecule has 0 aromatic heterocycles. The van der Waals surface area contributed by atoms with E-state index in [-0.39, 0.29) is 12.2 Å². The zero-order valence-corrected chi connectivity index (χ0v) is 21.3. The Kier molecular flexibility index (Phi) is 11.0. The Morgan fingerprint density at radius 1 is 0.795 bits per heavy atom. The second-order valence-corrected chi connectivity index (χ2v) is 8.74. The average molecular weight is 551 g/mol. The van der Waals surface area contributed by atoms with Crippen molar-refractivity contribution in [2.45, 2.75) is 45.4 Å². The number of hydrogen-bond acceptors (Lipinski definition) is 3. The molecule has 0 atom stereocenters. The number of alkyl halides is 1. The van der Waals surface area contributed by atoms with Gasteiger partial charge < -0.3 is 9.47 Å². The van der Waals surface area contributed by atoms with E-state index in [1.54, 1.807) is 31.2 Å². The van der Waals surface area contributed by atoms with Gasteiger partial charge in [0, 0.05) is 5.56 Å². The summed E-state index contributed by atoms with van der Waals surface area (Å²) in [7, 11) is 0. The highest BCUT2D eigenvalue weighted by Gasteiger charge is 2.24. The third-order valence-corrected chi connectivity index (χ3v) is 5.99. The Balaban J connectivity index is 1.61. The molecule has 3 nitrogen and oxygen atoms in total. The molecule has 0 fully saturated rings. The molecule has 0 saturated carbocycles. The van der Waals surface area contributed by atoms with Crippen LogP contribution in [0.5, 0.6) is 11.5 Å². The van der Waals surface area contributed by atoms with Crippen LogP contribution in [0.3, 0.4) is 0 Å². The molecule has 0 radical (unpaired) electrons. The van der Waals surface area contributed by atoms with Gasteiger partial charge in [-0.15, -0.1) is 0 Å². The summed E-state index contributed by atoms with van der Waals surface area (Å²) >= 11 is 0. The first-order valence-electron chi connectivity index (χ1n) is 12.6. The van der Waals surface area contributed by atoms with Crippen LogP contribution in [0.4, 0.5) is 26.3 Å². The lowest BCUT2D eigenvalue weighted by Gasteiger charge is -2.11. The number of allylic oxidation sites excluding steroid dienone is 2. The maximum atomic E-state index is 14.8. The Morgan fingerprint density at radius 2 is 1.46 bits per heavy atom. The average Bonchev–Trinajstić information content (AvgIpc) is 2.93. The predicted octanol–water partition coefficient (Wildman–Crippen LogP) is 8.84. The smallest absolute Gasteiger partial charge is 0.346 e. The first kappa shape index (κ1) is 29.8. The summed E-state index contributed by atoms with van der Waals surface area (Å²) in [5, 5.41) is 0. The van der Waals surface area contributed by atoms with E-state index in [2.05, 4.69) is 0 Å². The minimum absolute atomic E-state index is 0.0642. The van der Waals surface area contributed by atoms with Crippen molar-refractivity contribution in [3.8, 4) is 22.6 Å². The van der Waals surface area contributed by atoms with Gasteiger partial charge in [0.2, 0.25) is 11.6 Å². The van der Waals surface area contributed by atoms with E-state index in [1.807, 2.05) is 0 Å². The van der Waals surface area contributed by atoms with Crippen LogP contribution in [0.25, 0.3) is 11.1 Å². The number of ether oxygens (including phenoxy) is 2. The Labute approximate surface area is 223 Å². The standard InChI is InChI=1S/C30H28F6O3/c1-2-38-24-16-15-23(27(34)28(24)35)30(37)39-25-17-14-22(26(33)29(25)36)20-12-10-19(11-13-20)8-6-4-3-5-7-9-21(32)18-31/h9-17H,2-8,18H2,1H3/b21-9-. The molecule has 3 aromatic carbocycles. The van der Waals surface area contributed by atoms with Crippen LogP contribution < -0.4 is 9.47 Å². The number of rotatable bonds is 13. The Morgan fingerprint density at radius 3 is 2.15 bits per heavy atom. The maximum Gasteiger partial charge on any atom is 0.346 e. The lowest BCUT2D eigenvalue weighted by Crippen LogP contribution is -2.13. The van der Waals surface area contributed by atoms with Gasteiger partial charge >= 0.3 is 5.97 Å². The first-order chi connectivity index (χ1) is 18.8. The van der Waals surface area contributed by atoms with Crippen LogP contribution in [0.2, 0.25) is 0 Å². The molecule has 0 unspecified atom stereocenters. The number of unbranched alkanes of at least 4 members (excludes halogenated alkanes) is 4. The van der Waals surface area contributed by atoms with E-state index in [0.717, 1.165) is 55.9 Å². The highest BCUT2D eigenvalue weighted by atomic mass is 19.2. The van der Waals surface area contributed by atoms with Gasteiger partial charge in [0.05, 0.1) is 12.2 Å². The summed E-state index contributed by atoms with van der Waals surface area (Å²) in [4.78, 5) is 12.3. The summed E-state index contributed by atoms with van der Waals surface area (Å²) in [6.07, 6.45) is 5.99. The van der Waals surface area contributed by atoms with Gasteiger partial charge in [-0.25, -0.2) is 22.4 Å². The fourth-order valence-electron chi connectivity index (χ4n) is 3.94. The highest BCUT2D eigenvalue weighted by Crippen LogP contribution is 2.31. The Hall–Kier alpha value is -3.75. The van der Waals surface area contributed by atoms with Gasteiger partial charge in [0.15, 0.2) is 23.1 Å². The minimum Gasteiger partial charge on any atom is -0.491 e. The molecule has 39 heavy (non-hydrogen) atoms. The van der Waals surface area contributed by atoms with Crippen molar-refractivity contribution in [3.63, 3.8) is 0 Å². The molecule has 0 aliphatic carbocycles. The minimum atomic E-state index is -1.52. The van der Waals surface area contributed by atoms with Crippen molar-refractivity contribution >= 4 is 5.97 Å². The SMILES string of the molecule is CCOc1ccc(C(=O)Oc2ccc(-c3ccc(CCCCCC/C=C(\F)CF)cc3)c(F)c2F)c(F)c1F. The van der Waals surface area contributed by atoms with Crippen LogP contribution >= 0.6 is 0 Å². The van der Waals surface area contributed by atoms with E-state index < -0.39 is 58.8 Å². The molecule has 0 aliphatic heterocycles. The van der Waals surface area contributed by atoms with Gasteiger partial charge in [-0.2, -0.15) is 8.78 Å². The van der Waals surface area contributed by atoms with E-state index in [4.69, 9.17) is 9.47 Å². The number of hydrogen-bond donors (Lipinski definition) is 0. The first-order valence-corrected chi connectivity index (χ1v) is 12.6. The van der Waals surface area contributed by atoms with Crippen molar-refractivity contribution in [3.05, 3.63) is 94.8 Å². The van der Waals surface area contributed by atoms with Gasteiger partial charge in [0.25, 0.3) is 0 Å². The monoisotopic (exact) mass is 550 g/mol. The fourth-order valence-corrected chi connectivity index (χ4v) is 3.94. The van der Waals surface area contributed by atoms with Crippen molar-refractivity contribution in [2.75, 3.05) is 13.3 Å². The number of halogens is 6. The quantitative estimate of drug-likeness (QED) is 0.0923. The maximum absolute atomic E-state index is 14.8. The van der Waals surface area contributed by atoms with Gasteiger partial charge in [0.1, 0.15) is 12.5 Å². The van der Waals surface area contributed by atoms with E-state index in [0.29, 0.717) is 12.0 Å². The van der Waals surface area contributed by atoms with Crippen molar-refractivity contribution in [1.82, 2.24) is 0 Å². The summed E-state index contributed by atoms with van der Waals surface area (Å²) in [5.74, 6) is -8.92.